The second kappa shape index (κ2) is 5.87. The van der Waals surface area contributed by atoms with E-state index in [1.165, 1.54) is 16.6 Å². The van der Waals surface area contributed by atoms with E-state index in [1.807, 2.05) is 0 Å². The van der Waals surface area contributed by atoms with Crippen LogP contribution in [0.4, 0.5) is 0 Å². The summed E-state index contributed by atoms with van der Waals surface area (Å²) in [6, 6.07) is 3.22. The number of rotatable bonds is 4. The van der Waals surface area contributed by atoms with E-state index in [2.05, 4.69) is 32.9 Å². The van der Waals surface area contributed by atoms with Crippen molar-refractivity contribution in [3.05, 3.63) is 22.8 Å². The molecule has 2 rings (SSSR count). The molecule has 1 aliphatic heterocycles. The lowest BCUT2D eigenvalue weighted by Crippen LogP contribution is -2.33. The average molecular weight is 348 g/mol. The third-order valence-electron chi connectivity index (χ3n) is 3.38. The van der Waals surface area contributed by atoms with Gasteiger partial charge in [-0.2, -0.15) is 4.31 Å². The normalized spacial score (nSPS) is 21.2. The fourth-order valence-electron chi connectivity index (χ4n) is 2.31. The lowest BCUT2D eigenvalue weighted by Gasteiger charge is -2.20. The molecule has 5 nitrogen and oxygen atoms in total. The summed E-state index contributed by atoms with van der Waals surface area (Å²) in [6.45, 7) is 2.53. The van der Waals surface area contributed by atoms with Crippen molar-refractivity contribution >= 4 is 26.0 Å². The summed E-state index contributed by atoms with van der Waals surface area (Å²) in [6.07, 6.45) is 2.55. The number of aromatic nitrogens is 1. The molecule has 0 unspecified atom stereocenters. The molecule has 0 saturated carbocycles. The molecule has 0 aliphatic carbocycles. The van der Waals surface area contributed by atoms with Crippen molar-refractivity contribution in [2.24, 2.45) is 5.92 Å². The molecule has 0 bridgehead atoms. The lowest BCUT2D eigenvalue weighted by atomic mass is 10.1. The van der Waals surface area contributed by atoms with Crippen molar-refractivity contribution in [2.75, 3.05) is 33.7 Å². The first-order valence-corrected chi connectivity index (χ1v) is 8.39. The van der Waals surface area contributed by atoms with Crippen molar-refractivity contribution in [1.29, 1.82) is 0 Å². The Morgan fingerprint density at radius 3 is 2.79 bits per heavy atom. The SMILES string of the molecule is CN1CC[C@@H](CN(C)S(=O)(=O)c2ccc(Br)cn2)C1. The molecule has 2 heterocycles. The maximum atomic E-state index is 12.3. The standard InChI is InChI=1S/C12H18BrN3O2S/c1-15-6-5-10(8-15)9-16(2)19(17,18)12-4-3-11(13)7-14-12/h3-4,7,10H,5-6,8-9H2,1-2H3/t10-/m1/s1. The Kier molecular flexibility index (Phi) is 4.60. The van der Waals surface area contributed by atoms with Gasteiger partial charge in [0, 0.05) is 30.8 Å². The highest BCUT2D eigenvalue weighted by Gasteiger charge is 2.27. The van der Waals surface area contributed by atoms with Crippen molar-refractivity contribution in [2.45, 2.75) is 11.4 Å². The number of pyridine rings is 1. The van der Waals surface area contributed by atoms with E-state index in [0.29, 0.717) is 12.5 Å². The number of nitrogens with zero attached hydrogens (tertiary/aromatic N) is 3. The van der Waals surface area contributed by atoms with Gasteiger partial charge in [0.25, 0.3) is 10.0 Å². The van der Waals surface area contributed by atoms with E-state index in [-0.39, 0.29) is 5.03 Å². The Balaban J connectivity index is 2.08. The number of hydrogen-bond acceptors (Lipinski definition) is 4. The van der Waals surface area contributed by atoms with Crippen molar-refractivity contribution < 1.29 is 8.42 Å². The molecule has 0 amide bonds. The maximum absolute atomic E-state index is 12.3. The molecule has 0 aromatic carbocycles. The van der Waals surface area contributed by atoms with Gasteiger partial charge in [-0.25, -0.2) is 13.4 Å². The van der Waals surface area contributed by atoms with Crippen LogP contribution in [0.1, 0.15) is 6.42 Å². The highest BCUT2D eigenvalue weighted by Crippen LogP contribution is 2.20. The first kappa shape index (κ1) is 14.9. The van der Waals surface area contributed by atoms with Gasteiger partial charge in [-0.05, 0) is 54.0 Å². The number of hydrogen-bond donors (Lipinski definition) is 0. The van der Waals surface area contributed by atoms with Crippen LogP contribution in [0.3, 0.4) is 0 Å². The van der Waals surface area contributed by atoms with Crippen LogP contribution in [-0.4, -0.2) is 56.3 Å². The molecule has 0 spiro atoms. The minimum atomic E-state index is -3.48. The first-order valence-electron chi connectivity index (χ1n) is 6.16. The first-order chi connectivity index (χ1) is 8.89. The number of sulfonamides is 1. The van der Waals surface area contributed by atoms with Crippen LogP contribution >= 0.6 is 15.9 Å². The van der Waals surface area contributed by atoms with Gasteiger partial charge in [0.1, 0.15) is 0 Å². The molecule has 1 aliphatic rings. The Hall–Kier alpha value is -0.500. The molecular formula is C12H18BrN3O2S. The molecule has 1 aromatic heterocycles. The summed E-state index contributed by atoms with van der Waals surface area (Å²) in [4.78, 5) is 6.20. The minimum Gasteiger partial charge on any atom is -0.306 e. The predicted molar refractivity (Wildman–Crippen MR) is 77.4 cm³/mol. The van der Waals surface area contributed by atoms with Crippen molar-refractivity contribution in [1.82, 2.24) is 14.2 Å². The van der Waals surface area contributed by atoms with Crippen LogP contribution in [0.5, 0.6) is 0 Å². The van der Waals surface area contributed by atoms with Gasteiger partial charge >= 0.3 is 0 Å². The molecular weight excluding hydrogens is 330 g/mol. The van der Waals surface area contributed by atoms with Crippen molar-refractivity contribution in [3.8, 4) is 0 Å². The molecule has 0 radical (unpaired) electrons. The fourth-order valence-corrected chi connectivity index (χ4v) is 3.70. The third-order valence-corrected chi connectivity index (χ3v) is 5.59. The second-order valence-corrected chi connectivity index (χ2v) is 7.92. The second-order valence-electron chi connectivity index (χ2n) is 5.02. The largest absolute Gasteiger partial charge is 0.306 e. The summed E-state index contributed by atoms with van der Waals surface area (Å²) < 4.78 is 26.9. The van der Waals surface area contributed by atoms with Gasteiger partial charge in [-0.1, -0.05) is 0 Å². The predicted octanol–water partition coefficient (Wildman–Crippen LogP) is 1.42. The molecule has 1 saturated heterocycles. The lowest BCUT2D eigenvalue weighted by molar-refractivity contribution is 0.356. The van der Waals surface area contributed by atoms with E-state index >= 15 is 0 Å². The van der Waals surface area contributed by atoms with E-state index in [4.69, 9.17) is 0 Å². The topological polar surface area (TPSA) is 53.5 Å². The number of likely N-dealkylation sites (tertiary alicyclic amines) is 1. The minimum absolute atomic E-state index is 0.101. The zero-order chi connectivity index (χ0) is 14.0. The van der Waals surface area contributed by atoms with Gasteiger partial charge in [-0.3, -0.25) is 0 Å². The Morgan fingerprint density at radius 2 is 2.26 bits per heavy atom. The van der Waals surface area contributed by atoms with Crippen LogP contribution in [0, 0.1) is 5.92 Å². The highest BCUT2D eigenvalue weighted by atomic mass is 79.9. The van der Waals surface area contributed by atoms with Crippen LogP contribution in [0.2, 0.25) is 0 Å². The van der Waals surface area contributed by atoms with Crippen molar-refractivity contribution in [3.63, 3.8) is 0 Å². The van der Waals surface area contributed by atoms with E-state index in [9.17, 15) is 8.42 Å². The van der Waals surface area contributed by atoms with Gasteiger partial charge in [0.15, 0.2) is 5.03 Å². The Morgan fingerprint density at radius 1 is 1.53 bits per heavy atom. The molecule has 0 N–H and O–H groups in total. The number of halogens is 1. The summed E-state index contributed by atoms with van der Waals surface area (Å²) in [5, 5.41) is 0.101. The third kappa shape index (κ3) is 3.53. The zero-order valence-corrected chi connectivity index (χ0v) is 13.5. The summed E-state index contributed by atoms with van der Waals surface area (Å²) in [5.41, 5.74) is 0. The smallest absolute Gasteiger partial charge is 0.260 e. The molecule has 1 atom stereocenters. The molecule has 19 heavy (non-hydrogen) atoms. The summed E-state index contributed by atoms with van der Waals surface area (Å²) in [7, 11) is 0.205. The maximum Gasteiger partial charge on any atom is 0.260 e. The van der Waals surface area contributed by atoms with Gasteiger partial charge in [-0.15, -0.1) is 0 Å². The molecule has 1 aromatic rings. The van der Waals surface area contributed by atoms with Gasteiger partial charge in [0.2, 0.25) is 0 Å². The van der Waals surface area contributed by atoms with E-state index < -0.39 is 10.0 Å². The van der Waals surface area contributed by atoms with Crippen LogP contribution < -0.4 is 0 Å². The van der Waals surface area contributed by atoms with Crippen LogP contribution in [0.25, 0.3) is 0 Å². The van der Waals surface area contributed by atoms with E-state index in [1.54, 1.807) is 13.1 Å². The Bertz CT molecular complexity index is 532. The molecule has 1 fully saturated rings. The monoisotopic (exact) mass is 347 g/mol. The van der Waals surface area contributed by atoms with Gasteiger partial charge in [0.05, 0.1) is 0 Å². The van der Waals surface area contributed by atoms with E-state index in [0.717, 1.165) is 24.0 Å². The fraction of sp³-hybridized carbons (Fsp3) is 0.583. The zero-order valence-electron chi connectivity index (χ0n) is 11.1. The Labute approximate surface area is 122 Å². The highest BCUT2D eigenvalue weighted by molar-refractivity contribution is 9.10. The summed E-state index contributed by atoms with van der Waals surface area (Å²) >= 11 is 3.25. The summed E-state index contributed by atoms with van der Waals surface area (Å²) in [5.74, 6) is 0.403. The molecule has 106 valence electrons. The quantitative estimate of drug-likeness (QED) is 0.826. The van der Waals surface area contributed by atoms with Crippen LogP contribution in [0.15, 0.2) is 27.8 Å². The average Bonchev–Trinajstić information content (AvgIpc) is 2.75. The van der Waals surface area contributed by atoms with Crippen LogP contribution in [-0.2, 0) is 10.0 Å². The molecule has 7 heteroatoms. The van der Waals surface area contributed by atoms with Gasteiger partial charge < -0.3 is 4.90 Å².